The Labute approximate surface area is 93.2 Å². The van der Waals surface area contributed by atoms with Crippen LogP contribution in [-0.2, 0) is 21.1 Å². The third-order valence-corrected chi connectivity index (χ3v) is 3.53. The molecule has 0 aliphatic rings. The fraction of sp³-hybridized carbons (Fsp3) is 0.444. The predicted molar refractivity (Wildman–Crippen MR) is 60.7 cm³/mol. The number of sulfone groups is 1. The molecule has 0 radical (unpaired) electrons. The van der Waals surface area contributed by atoms with E-state index in [4.69, 9.17) is 0 Å². The second-order valence-electron chi connectivity index (χ2n) is 3.24. The van der Waals surface area contributed by atoms with Crippen LogP contribution in [0.4, 0.5) is 0 Å². The summed E-state index contributed by atoms with van der Waals surface area (Å²) >= 11 is 1.51. The van der Waals surface area contributed by atoms with Crippen molar-refractivity contribution < 1.29 is 13.2 Å². The first kappa shape index (κ1) is 12.2. The molecule has 0 saturated carbocycles. The first-order valence-electron chi connectivity index (χ1n) is 4.44. The van der Waals surface area contributed by atoms with Crippen molar-refractivity contribution in [3.8, 4) is 0 Å². The smallest absolute Gasteiger partial charge is 0.225 e. The molecule has 84 valence electrons. The van der Waals surface area contributed by atoms with Gasteiger partial charge in [0.1, 0.15) is 9.84 Å². The van der Waals surface area contributed by atoms with Gasteiger partial charge in [-0.3, -0.25) is 4.79 Å². The topological polar surface area (TPSA) is 63.2 Å². The van der Waals surface area contributed by atoms with Gasteiger partial charge in [-0.2, -0.15) is 0 Å². The van der Waals surface area contributed by atoms with E-state index in [0.29, 0.717) is 6.42 Å². The van der Waals surface area contributed by atoms with Crippen LogP contribution in [0.1, 0.15) is 4.88 Å². The number of hydrogen-bond donors (Lipinski definition) is 1. The molecule has 0 aliphatic heterocycles. The van der Waals surface area contributed by atoms with Gasteiger partial charge in [0, 0.05) is 17.7 Å². The number of amides is 1. The van der Waals surface area contributed by atoms with Crippen LogP contribution in [-0.4, -0.2) is 32.9 Å². The Bertz CT molecular complexity index is 409. The first-order chi connectivity index (χ1) is 6.97. The average molecular weight is 247 g/mol. The summed E-state index contributed by atoms with van der Waals surface area (Å²) in [6.45, 7) is 0.184. The van der Waals surface area contributed by atoms with Gasteiger partial charge >= 0.3 is 0 Å². The van der Waals surface area contributed by atoms with Crippen molar-refractivity contribution in [3.63, 3.8) is 0 Å². The molecular formula is C9H13NO3S2. The Morgan fingerprint density at radius 3 is 2.80 bits per heavy atom. The maximum Gasteiger partial charge on any atom is 0.225 e. The van der Waals surface area contributed by atoms with E-state index in [1.807, 2.05) is 17.5 Å². The third kappa shape index (κ3) is 5.54. The van der Waals surface area contributed by atoms with Gasteiger partial charge in [-0.25, -0.2) is 8.42 Å². The molecule has 0 saturated heterocycles. The molecule has 0 fully saturated rings. The molecule has 15 heavy (non-hydrogen) atoms. The second kappa shape index (κ2) is 5.27. The van der Waals surface area contributed by atoms with Gasteiger partial charge in [0.2, 0.25) is 5.91 Å². The van der Waals surface area contributed by atoms with Crippen molar-refractivity contribution in [1.82, 2.24) is 5.32 Å². The molecule has 0 atom stereocenters. The average Bonchev–Trinajstić information content (AvgIpc) is 2.54. The molecular weight excluding hydrogens is 234 g/mol. The SMILES string of the molecule is CS(=O)(=O)CCNC(=O)Cc1cccs1. The largest absolute Gasteiger partial charge is 0.355 e. The van der Waals surface area contributed by atoms with E-state index in [9.17, 15) is 13.2 Å². The van der Waals surface area contributed by atoms with Gasteiger partial charge in [0.25, 0.3) is 0 Å². The van der Waals surface area contributed by atoms with Gasteiger partial charge in [0.05, 0.1) is 12.2 Å². The normalized spacial score (nSPS) is 11.3. The van der Waals surface area contributed by atoms with Crippen molar-refractivity contribution in [2.75, 3.05) is 18.6 Å². The van der Waals surface area contributed by atoms with Crippen LogP contribution in [0.2, 0.25) is 0 Å². The predicted octanol–water partition coefficient (Wildman–Crippen LogP) is 0.451. The van der Waals surface area contributed by atoms with Crippen LogP contribution < -0.4 is 5.32 Å². The summed E-state index contributed by atoms with van der Waals surface area (Å²) in [4.78, 5) is 12.3. The number of carbonyl (C=O) groups is 1. The summed E-state index contributed by atoms with van der Waals surface area (Å²) in [5, 5.41) is 4.47. The van der Waals surface area contributed by atoms with Crippen LogP contribution in [0.25, 0.3) is 0 Å². The fourth-order valence-electron chi connectivity index (χ4n) is 1.01. The Hall–Kier alpha value is -0.880. The first-order valence-corrected chi connectivity index (χ1v) is 7.38. The minimum atomic E-state index is -2.99. The van der Waals surface area contributed by atoms with Gasteiger partial charge in [-0.15, -0.1) is 11.3 Å². The van der Waals surface area contributed by atoms with Crippen LogP contribution in [0.5, 0.6) is 0 Å². The molecule has 1 N–H and O–H groups in total. The molecule has 0 spiro atoms. The van der Waals surface area contributed by atoms with Crippen molar-refractivity contribution in [3.05, 3.63) is 22.4 Å². The Balaban J connectivity index is 2.26. The summed E-state index contributed by atoms with van der Waals surface area (Å²) < 4.78 is 21.6. The molecule has 6 heteroatoms. The van der Waals surface area contributed by atoms with Gasteiger partial charge in [0.15, 0.2) is 0 Å². The lowest BCUT2D eigenvalue weighted by atomic mass is 10.3. The zero-order valence-electron chi connectivity index (χ0n) is 8.39. The molecule has 0 aromatic carbocycles. The molecule has 0 unspecified atom stereocenters. The van der Waals surface area contributed by atoms with Gasteiger partial charge in [-0.1, -0.05) is 6.07 Å². The van der Waals surface area contributed by atoms with Gasteiger partial charge < -0.3 is 5.32 Å². The lowest BCUT2D eigenvalue weighted by Crippen LogP contribution is -2.29. The van der Waals surface area contributed by atoms with E-state index in [-0.39, 0.29) is 18.2 Å². The van der Waals surface area contributed by atoms with Crippen LogP contribution >= 0.6 is 11.3 Å². The van der Waals surface area contributed by atoms with E-state index < -0.39 is 9.84 Å². The molecule has 1 amide bonds. The maximum absolute atomic E-state index is 11.3. The number of carbonyl (C=O) groups excluding carboxylic acids is 1. The highest BCUT2D eigenvalue weighted by molar-refractivity contribution is 7.90. The lowest BCUT2D eigenvalue weighted by molar-refractivity contribution is -0.120. The molecule has 1 aromatic heterocycles. The summed E-state index contributed by atoms with van der Waals surface area (Å²) in [5.74, 6) is -0.149. The zero-order valence-corrected chi connectivity index (χ0v) is 10.0. The summed E-state index contributed by atoms with van der Waals surface area (Å²) in [6, 6.07) is 3.75. The van der Waals surface area contributed by atoms with Crippen molar-refractivity contribution >= 4 is 27.1 Å². The minimum absolute atomic E-state index is 0.0107. The van der Waals surface area contributed by atoms with Crippen LogP contribution in [0, 0.1) is 0 Å². The molecule has 1 heterocycles. The summed E-state index contributed by atoms with van der Waals surface area (Å²) in [5.41, 5.74) is 0. The van der Waals surface area contributed by atoms with Gasteiger partial charge in [-0.05, 0) is 11.4 Å². The van der Waals surface area contributed by atoms with E-state index in [2.05, 4.69) is 5.32 Å². The van der Waals surface area contributed by atoms with Crippen LogP contribution in [0.15, 0.2) is 17.5 Å². The number of rotatable bonds is 5. The Kier molecular flexibility index (Phi) is 4.28. The maximum atomic E-state index is 11.3. The zero-order chi connectivity index (χ0) is 11.3. The highest BCUT2D eigenvalue weighted by Crippen LogP contribution is 2.08. The van der Waals surface area contributed by atoms with E-state index in [0.717, 1.165) is 11.1 Å². The highest BCUT2D eigenvalue weighted by Gasteiger charge is 2.06. The fourth-order valence-corrected chi connectivity index (χ4v) is 2.19. The molecule has 1 aromatic rings. The van der Waals surface area contributed by atoms with E-state index in [1.54, 1.807) is 0 Å². The molecule has 0 aliphatic carbocycles. The number of thiophene rings is 1. The van der Waals surface area contributed by atoms with Crippen molar-refractivity contribution in [1.29, 1.82) is 0 Å². The van der Waals surface area contributed by atoms with Crippen molar-refractivity contribution in [2.45, 2.75) is 6.42 Å². The number of hydrogen-bond acceptors (Lipinski definition) is 4. The van der Waals surface area contributed by atoms with Crippen molar-refractivity contribution in [2.24, 2.45) is 0 Å². The standard InChI is InChI=1S/C9H13NO3S2/c1-15(12,13)6-4-10-9(11)7-8-3-2-5-14-8/h2-3,5H,4,6-7H2,1H3,(H,10,11). The second-order valence-corrected chi connectivity index (χ2v) is 6.53. The lowest BCUT2D eigenvalue weighted by Gasteiger charge is -2.02. The van der Waals surface area contributed by atoms with E-state index in [1.165, 1.54) is 11.3 Å². The summed E-state index contributed by atoms with van der Waals surface area (Å²) in [7, 11) is -2.99. The van der Waals surface area contributed by atoms with E-state index >= 15 is 0 Å². The minimum Gasteiger partial charge on any atom is -0.355 e. The molecule has 0 bridgehead atoms. The quantitative estimate of drug-likeness (QED) is 0.821. The molecule has 4 nitrogen and oxygen atoms in total. The Morgan fingerprint density at radius 1 is 1.53 bits per heavy atom. The Morgan fingerprint density at radius 2 is 2.27 bits per heavy atom. The molecule has 1 rings (SSSR count). The highest BCUT2D eigenvalue weighted by atomic mass is 32.2. The summed E-state index contributed by atoms with van der Waals surface area (Å²) in [6.07, 6.45) is 1.47. The monoisotopic (exact) mass is 247 g/mol. The van der Waals surface area contributed by atoms with Crippen LogP contribution in [0.3, 0.4) is 0 Å². The third-order valence-electron chi connectivity index (χ3n) is 1.71. The number of nitrogens with one attached hydrogen (secondary N) is 1.